The maximum atomic E-state index is 11.7. The van der Waals surface area contributed by atoms with Crippen LogP contribution in [0.3, 0.4) is 0 Å². The zero-order valence-corrected chi connectivity index (χ0v) is 20.8. The van der Waals surface area contributed by atoms with Gasteiger partial charge in [0.1, 0.15) is 5.75 Å². The summed E-state index contributed by atoms with van der Waals surface area (Å²) in [5.74, 6) is -0.0855. The van der Waals surface area contributed by atoms with Gasteiger partial charge in [0, 0.05) is 42.5 Å². The van der Waals surface area contributed by atoms with Crippen molar-refractivity contribution in [3.8, 4) is 17.0 Å². The molecule has 34 heavy (non-hydrogen) atoms. The van der Waals surface area contributed by atoms with Crippen molar-refractivity contribution in [2.75, 3.05) is 24.6 Å². The molecule has 2 aromatic rings. The summed E-state index contributed by atoms with van der Waals surface area (Å²) in [6, 6.07) is 3.92. The second kappa shape index (κ2) is 10.6. The number of rotatable bonds is 8. The smallest absolute Gasteiger partial charge is 0.307 e. The highest BCUT2D eigenvalue weighted by atomic mass is 16.5. The van der Waals surface area contributed by atoms with Crippen molar-refractivity contribution in [1.82, 2.24) is 9.97 Å². The number of carbonyl (C=O) groups is 1. The Labute approximate surface area is 203 Å². The molecule has 1 aliphatic heterocycles. The van der Waals surface area contributed by atoms with Crippen LogP contribution in [0.4, 0.5) is 5.69 Å². The molecule has 6 nitrogen and oxygen atoms in total. The van der Waals surface area contributed by atoms with E-state index in [2.05, 4.69) is 29.8 Å². The minimum absolute atomic E-state index is 0.0427. The van der Waals surface area contributed by atoms with Gasteiger partial charge in [-0.3, -0.25) is 14.8 Å². The lowest BCUT2D eigenvalue weighted by molar-refractivity contribution is -0.136. The number of hydrogen-bond donors (Lipinski definition) is 1. The van der Waals surface area contributed by atoms with E-state index in [9.17, 15) is 9.90 Å². The molecule has 0 amide bonds. The third kappa shape index (κ3) is 5.96. The maximum absolute atomic E-state index is 11.7. The van der Waals surface area contributed by atoms with Crippen LogP contribution < -0.4 is 9.64 Å². The zero-order chi connectivity index (χ0) is 24.1. The number of pyridine rings is 2. The van der Waals surface area contributed by atoms with Crippen LogP contribution in [0.25, 0.3) is 11.3 Å². The van der Waals surface area contributed by atoms with Gasteiger partial charge in [0.05, 0.1) is 30.6 Å². The van der Waals surface area contributed by atoms with Crippen molar-refractivity contribution in [2.45, 2.75) is 72.1 Å². The lowest BCUT2D eigenvalue weighted by atomic mass is 9.82. The van der Waals surface area contributed by atoms with Gasteiger partial charge in [-0.25, -0.2) is 0 Å². The van der Waals surface area contributed by atoms with Crippen molar-refractivity contribution in [3.05, 3.63) is 47.4 Å². The molecule has 0 saturated carbocycles. The summed E-state index contributed by atoms with van der Waals surface area (Å²) in [7, 11) is 0. The van der Waals surface area contributed by atoms with E-state index in [-0.39, 0.29) is 6.42 Å². The predicted molar refractivity (Wildman–Crippen MR) is 135 cm³/mol. The summed E-state index contributed by atoms with van der Waals surface area (Å²) in [6.45, 7) is 8.95. The van der Waals surface area contributed by atoms with E-state index >= 15 is 0 Å². The Morgan fingerprint density at radius 1 is 1.15 bits per heavy atom. The molecule has 0 bridgehead atoms. The lowest BCUT2D eigenvalue weighted by Gasteiger charge is -2.40. The fourth-order valence-corrected chi connectivity index (χ4v) is 4.94. The minimum Gasteiger partial charge on any atom is -0.492 e. The number of anilines is 1. The SMILES string of the molecule is Cc1ncc(-c2ccc(OCCC3=CCCCC3)cn2)c(N2CCC(C)(C)CC2)c1CC(=O)O. The molecule has 3 heterocycles. The molecule has 6 heteroatoms. The normalized spacial score (nSPS) is 17.9. The van der Waals surface area contributed by atoms with E-state index in [0.29, 0.717) is 12.0 Å². The molecular formula is C28H37N3O3. The molecule has 2 aromatic heterocycles. The molecule has 182 valence electrons. The number of allylic oxidation sites excluding steroid dienone is 1. The Bertz CT molecular complexity index is 1030. The van der Waals surface area contributed by atoms with Crippen LogP contribution in [0.1, 0.15) is 70.1 Å². The second-order valence-corrected chi connectivity index (χ2v) is 10.4. The van der Waals surface area contributed by atoms with Crippen LogP contribution in [-0.4, -0.2) is 40.7 Å². The second-order valence-electron chi connectivity index (χ2n) is 10.4. The van der Waals surface area contributed by atoms with Crippen molar-refractivity contribution >= 4 is 11.7 Å². The highest BCUT2D eigenvalue weighted by molar-refractivity contribution is 5.83. The molecule has 4 rings (SSSR count). The summed E-state index contributed by atoms with van der Waals surface area (Å²) < 4.78 is 5.96. The summed E-state index contributed by atoms with van der Waals surface area (Å²) in [4.78, 5) is 23.3. The number of carboxylic acids is 1. The molecular weight excluding hydrogens is 426 g/mol. The van der Waals surface area contributed by atoms with E-state index in [1.165, 1.54) is 31.3 Å². The van der Waals surface area contributed by atoms with Gasteiger partial charge in [0.2, 0.25) is 0 Å². The van der Waals surface area contributed by atoms with Gasteiger partial charge in [-0.15, -0.1) is 0 Å². The lowest BCUT2D eigenvalue weighted by Crippen LogP contribution is -2.38. The van der Waals surface area contributed by atoms with Crippen molar-refractivity contribution in [3.63, 3.8) is 0 Å². The first-order valence-electron chi connectivity index (χ1n) is 12.5. The first-order valence-corrected chi connectivity index (χ1v) is 12.5. The third-order valence-electron chi connectivity index (χ3n) is 7.22. The summed E-state index contributed by atoms with van der Waals surface area (Å²) in [6.07, 6.45) is 14.0. The van der Waals surface area contributed by atoms with Gasteiger partial charge in [-0.1, -0.05) is 25.5 Å². The van der Waals surface area contributed by atoms with Gasteiger partial charge in [-0.2, -0.15) is 0 Å². The standard InChI is InChI=1S/C28H37N3O3/c1-20-23(17-26(32)33)27(31-14-12-28(2,3)13-15-31)24(19-29-20)25-10-9-22(18-30-25)34-16-11-21-7-5-4-6-8-21/h7,9-10,18-19H,4-6,8,11-17H2,1-3H3,(H,32,33). The Kier molecular flexibility index (Phi) is 7.54. The van der Waals surface area contributed by atoms with Gasteiger partial charge < -0.3 is 14.7 Å². The number of aryl methyl sites for hydroxylation is 1. The topological polar surface area (TPSA) is 75.6 Å². The number of ether oxygens (including phenoxy) is 1. The molecule has 1 saturated heterocycles. The number of hydrogen-bond acceptors (Lipinski definition) is 5. The van der Waals surface area contributed by atoms with Crippen molar-refractivity contribution in [2.24, 2.45) is 5.41 Å². The molecule has 1 N–H and O–H groups in total. The number of nitrogens with zero attached hydrogens (tertiary/aromatic N) is 3. The highest BCUT2D eigenvalue weighted by Crippen LogP contribution is 2.39. The van der Waals surface area contributed by atoms with Gasteiger partial charge in [-0.05, 0) is 63.0 Å². The molecule has 1 aliphatic carbocycles. The van der Waals surface area contributed by atoms with Gasteiger partial charge >= 0.3 is 5.97 Å². The minimum atomic E-state index is -0.842. The van der Waals surface area contributed by atoms with E-state index in [0.717, 1.165) is 66.3 Å². The monoisotopic (exact) mass is 463 g/mol. The zero-order valence-electron chi connectivity index (χ0n) is 20.8. The molecule has 2 aliphatic rings. The number of aliphatic carboxylic acids is 1. The Morgan fingerprint density at radius 2 is 1.94 bits per heavy atom. The molecule has 0 aromatic carbocycles. The average molecular weight is 464 g/mol. The average Bonchev–Trinajstić information content (AvgIpc) is 2.82. The van der Waals surface area contributed by atoms with E-state index < -0.39 is 5.97 Å². The van der Waals surface area contributed by atoms with Crippen LogP contribution in [0.5, 0.6) is 5.75 Å². The van der Waals surface area contributed by atoms with E-state index in [4.69, 9.17) is 9.72 Å². The number of aromatic nitrogens is 2. The van der Waals surface area contributed by atoms with E-state index in [1.54, 1.807) is 6.20 Å². The van der Waals surface area contributed by atoms with Crippen molar-refractivity contribution < 1.29 is 14.6 Å². The predicted octanol–water partition coefficient (Wildman–Crippen LogP) is 5.97. The molecule has 0 unspecified atom stereocenters. The summed E-state index contributed by atoms with van der Waals surface area (Å²) >= 11 is 0. The summed E-state index contributed by atoms with van der Waals surface area (Å²) in [5, 5.41) is 9.59. The van der Waals surface area contributed by atoms with Crippen LogP contribution in [0, 0.1) is 12.3 Å². The first-order chi connectivity index (χ1) is 16.3. The Balaban J connectivity index is 1.56. The molecule has 1 fully saturated rings. The fraction of sp³-hybridized carbons (Fsp3) is 0.536. The van der Waals surface area contributed by atoms with Crippen LogP contribution in [0.2, 0.25) is 0 Å². The van der Waals surface area contributed by atoms with Crippen LogP contribution in [0.15, 0.2) is 36.2 Å². The molecule has 0 radical (unpaired) electrons. The van der Waals surface area contributed by atoms with Gasteiger partial charge in [0.25, 0.3) is 0 Å². The maximum Gasteiger partial charge on any atom is 0.307 e. The number of carboxylic acid groups (broad SMARTS) is 1. The third-order valence-corrected chi connectivity index (χ3v) is 7.22. The largest absolute Gasteiger partial charge is 0.492 e. The first kappa shape index (κ1) is 24.2. The van der Waals surface area contributed by atoms with Crippen molar-refractivity contribution in [1.29, 1.82) is 0 Å². The Morgan fingerprint density at radius 3 is 2.59 bits per heavy atom. The van der Waals surface area contributed by atoms with Gasteiger partial charge in [0.15, 0.2) is 0 Å². The summed E-state index contributed by atoms with van der Waals surface area (Å²) in [5.41, 5.74) is 6.01. The Hall–Kier alpha value is -2.89. The van der Waals surface area contributed by atoms with Crippen LogP contribution >= 0.6 is 0 Å². The quantitative estimate of drug-likeness (QED) is 0.486. The molecule has 0 atom stereocenters. The van der Waals surface area contributed by atoms with Crippen LogP contribution in [-0.2, 0) is 11.2 Å². The highest BCUT2D eigenvalue weighted by Gasteiger charge is 2.29. The fourth-order valence-electron chi connectivity index (χ4n) is 4.94. The molecule has 0 spiro atoms. The number of piperidine rings is 1. The van der Waals surface area contributed by atoms with E-state index in [1.807, 2.05) is 25.3 Å².